The van der Waals surface area contributed by atoms with Crippen molar-refractivity contribution in [1.82, 2.24) is 4.98 Å². The predicted octanol–water partition coefficient (Wildman–Crippen LogP) is 0.898. The molecule has 1 heterocycles. The number of aromatic nitrogens is 1. The van der Waals surface area contributed by atoms with Gasteiger partial charge in [0.15, 0.2) is 0 Å². The van der Waals surface area contributed by atoms with Gasteiger partial charge in [-0.15, -0.1) is 0 Å². The first-order chi connectivity index (χ1) is 6.09. The molecule has 0 bridgehead atoms. The molecule has 1 aromatic heterocycles. The van der Waals surface area contributed by atoms with Gasteiger partial charge < -0.3 is 10.2 Å². The molecule has 70 valence electrons. The standard InChI is InChI=1S/C9H11NO3/c1-6-3-2-4-7(10-6)8(11)5-9(12)13/h2-4,8,11H,5H2,1H3,(H,12,13). The van der Waals surface area contributed by atoms with Gasteiger partial charge in [0.1, 0.15) is 6.10 Å². The van der Waals surface area contributed by atoms with E-state index in [1.165, 1.54) is 0 Å². The lowest BCUT2D eigenvalue weighted by atomic mass is 10.1. The zero-order valence-corrected chi connectivity index (χ0v) is 7.27. The highest BCUT2D eigenvalue weighted by atomic mass is 16.4. The molecular formula is C9H11NO3. The molecule has 1 unspecified atom stereocenters. The molecule has 0 amide bonds. The van der Waals surface area contributed by atoms with E-state index < -0.39 is 12.1 Å². The van der Waals surface area contributed by atoms with E-state index in [4.69, 9.17) is 5.11 Å². The van der Waals surface area contributed by atoms with E-state index in [1.807, 2.05) is 0 Å². The number of hydrogen-bond acceptors (Lipinski definition) is 3. The highest BCUT2D eigenvalue weighted by Gasteiger charge is 2.12. The van der Waals surface area contributed by atoms with Crippen molar-refractivity contribution in [2.75, 3.05) is 0 Å². The van der Waals surface area contributed by atoms with Gasteiger partial charge in [-0.1, -0.05) is 6.07 Å². The second-order valence-electron chi connectivity index (χ2n) is 2.82. The molecule has 1 rings (SSSR count). The Kier molecular flexibility index (Phi) is 2.97. The summed E-state index contributed by atoms with van der Waals surface area (Å²) in [6.07, 6.45) is -1.33. The van der Waals surface area contributed by atoms with Gasteiger partial charge in [-0.05, 0) is 19.1 Å². The van der Waals surface area contributed by atoms with E-state index in [2.05, 4.69) is 4.98 Å². The molecular weight excluding hydrogens is 170 g/mol. The third-order valence-electron chi connectivity index (χ3n) is 1.62. The molecule has 0 aliphatic rings. The van der Waals surface area contributed by atoms with Gasteiger partial charge in [0.25, 0.3) is 0 Å². The fourth-order valence-electron chi connectivity index (χ4n) is 1.02. The summed E-state index contributed by atoms with van der Waals surface area (Å²) in [4.78, 5) is 14.3. The van der Waals surface area contributed by atoms with Crippen molar-refractivity contribution in [3.8, 4) is 0 Å². The fourth-order valence-corrected chi connectivity index (χ4v) is 1.02. The Balaban J connectivity index is 2.76. The Bertz CT molecular complexity index is 311. The van der Waals surface area contributed by atoms with E-state index in [1.54, 1.807) is 25.1 Å². The van der Waals surface area contributed by atoms with Gasteiger partial charge in [-0.3, -0.25) is 9.78 Å². The number of aliphatic carboxylic acids is 1. The Morgan fingerprint density at radius 3 is 2.85 bits per heavy atom. The molecule has 0 aliphatic heterocycles. The first-order valence-electron chi connectivity index (χ1n) is 3.93. The van der Waals surface area contributed by atoms with Crippen molar-refractivity contribution in [1.29, 1.82) is 0 Å². The molecule has 1 atom stereocenters. The monoisotopic (exact) mass is 181 g/mol. The predicted molar refractivity (Wildman–Crippen MR) is 46.2 cm³/mol. The number of hydrogen-bond donors (Lipinski definition) is 2. The van der Waals surface area contributed by atoms with Crippen LogP contribution in [-0.2, 0) is 4.79 Å². The second-order valence-corrected chi connectivity index (χ2v) is 2.82. The molecule has 4 heteroatoms. The number of aliphatic hydroxyl groups excluding tert-OH is 1. The molecule has 0 spiro atoms. The highest BCUT2D eigenvalue weighted by molar-refractivity contribution is 5.67. The van der Waals surface area contributed by atoms with E-state index in [-0.39, 0.29) is 6.42 Å². The Morgan fingerprint density at radius 2 is 2.31 bits per heavy atom. The fraction of sp³-hybridized carbons (Fsp3) is 0.333. The maximum atomic E-state index is 10.3. The normalized spacial score (nSPS) is 12.5. The number of rotatable bonds is 3. The van der Waals surface area contributed by atoms with Crippen molar-refractivity contribution in [2.24, 2.45) is 0 Å². The molecule has 0 fully saturated rings. The van der Waals surface area contributed by atoms with Crippen LogP contribution in [0.1, 0.15) is 23.9 Å². The lowest BCUT2D eigenvalue weighted by Crippen LogP contribution is -2.07. The molecule has 4 nitrogen and oxygen atoms in total. The van der Waals surface area contributed by atoms with Gasteiger partial charge in [0.2, 0.25) is 0 Å². The second kappa shape index (κ2) is 4.00. The van der Waals surface area contributed by atoms with Crippen LogP contribution >= 0.6 is 0 Å². The minimum absolute atomic E-state index is 0.309. The van der Waals surface area contributed by atoms with E-state index in [0.29, 0.717) is 5.69 Å². The van der Waals surface area contributed by atoms with Crippen LogP contribution in [0.4, 0.5) is 0 Å². The number of pyridine rings is 1. The van der Waals surface area contributed by atoms with Crippen LogP contribution in [0, 0.1) is 6.92 Å². The Morgan fingerprint density at radius 1 is 1.62 bits per heavy atom. The van der Waals surface area contributed by atoms with Crippen LogP contribution in [0.2, 0.25) is 0 Å². The summed E-state index contributed by atoms with van der Waals surface area (Å²) in [6, 6.07) is 5.14. The molecule has 0 aromatic carbocycles. The minimum atomic E-state index is -1.03. The molecule has 13 heavy (non-hydrogen) atoms. The molecule has 0 aliphatic carbocycles. The van der Waals surface area contributed by atoms with Crippen LogP contribution in [0.3, 0.4) is 0 Å². The van der Waals surface area contributed by atoms with Crippen LogP contribution in [-0.4, -0.2) is 21.2 Å². The lowest BCUT2D eigenvalue weighted by molar-refractivity contribution is -0.139. The SMILES string of the molecule is Cc1cccc(C(O)CC(=O)O)n1. The summed E-state index contributed by atoms with van der Waals surface area (Å²) in [5.41, 5.74) is 1.17. The minimum Gasteiger partial charge on any atom is -0.481 e. The maximum absolute atomic E-state index is 10.3. The zero-order chi connectivity index (χ0) is 9.84. The average molecular weight is 181 g/mol. The third kappa shape index (κ3) is 2.83. The summed E-state index contributed by atoms with van der Waals surface area (Å²) in [5, 5.41) is 17.8. The summed E-state index contributed by atoms with van der Waals surface area (Å²) < 4.78 is 0. The van der Waals surface area contributed by atoms with E-state index in [0.717, 1.165) is 5.69 Å². The van der Waals surface area contributed by atoms with Crippen LogP contribution in [0.15, 0.2) is 18.2 Å². The number of aryl methyl sites for hydroxylation is 1. The van der Waals surface area contributed by atoms with Crippen molar-refractivity contribution in [2.45, 2.75) is 19.4 Å². The summed E-state index contributed by atoms with van der Waals surface area (Å²) >= 11 is 0. The van der Waals surface area contributed by atoms with Crippen molar-refractivity contribution in [3.05, 3.63) is 29.6 Å². The highest BCUT2D eigenvalue weighted by Crippen LogP contribution is 2.13. The first kappa shape index (κ1) is 9.67. The Hall–Kier alpha value is -1.42. The van der Waals surface area contributed by atoms with E-state index >= 15 is 0 Å². The molecule has 0 saturated carbocycles. The van der Waals surface area contributed by atoms with Gasteiger partial charge in [0.05, 0.1) is 12.1 Å². The number of aliphatic hydroxyl groups is 1. The van der Waals surface area contributed by atoms with Gasteiger partial charge in [-0.2, -0.15) is 0 Å². The Labute approximate surface area is 75.9 Å². The van der Waals surface area contributed by atoms with Gasteiger partial charge in [0, 0.05) is 5.69 Å². The maximum Gasteiger partial charge on any atom is 0.306 e. The topological polar surface area (TPSA) is 70.4 Å². The number of nitrogens with zero attached hydrogens (tertiary/aromatic N) is 1. The summed E-state index contributed by atoms with van der Waals surface area (Å²) in [7, 11) is 0. The zero-order valence-electron chi connectivity index (χ0n) is 7.27. The van der Waals surface area contributed by atoms with Crippen molar-refractivity contribution < 1.29 is 15.0 Å². The molecule has 0 saturated heterocycles. The lowest BCUT2D eigenvalue weighted by Gasteiger charge is -2.07. The smallest absolute Gasteiger partial charge is 0.306 e. The van der Waals surface area contributed by atoms with Crippen LogP contribution < -0.4 is 0 Å². The number of carbonyl (C=O) groups is 1. The quantitative estimate of drug-likeness (QED) is 0.726. The summed E-state index contributed by atoms with van der Waals surface area (Å²) in [5.74, 6) is -1.03. The van der Waals surface area contributed by atoms with Crippen LogP contribution in [0.25, 0.3) is 0 Å². The molecule has 2 N–H and O–H groups in total. The van der Waals surface area contributed by atoms with Crippen molar-refractivity contribution in [3.63, 3.8) is 0 Å². The largest absolute Gasteiger partial charge is 0.481 e. The third-order valence-corrected chi connectivity index (χ3v) is 1.62. The average Bonchev–Trinajstić information content (AvgIpc) is 2.03. The van der Waals surface area contributed by atoms with Crippen molar-refractivity contribution >= 4 is 5.97 Å². The van der Waals surface area contributed by atoms with Crippen LogP contribution in [0.5, 0.6) is 0 Å². The number of carboxylic acids is 1. The van der Waals surface area contributed by atoms with E-state index in [9.17, 15) is 9.90 Å². The summed E-state index contributed by atoms with van der Waals surface area (Å²) in [6.45, 7) is 1.79. The van der Waals surface area contributed by atoms with Gasteiger partial charge in [-0.25, -0.2) is 0 Å². The van der Waals surface area contributed by atoms with Gasteiger partial charge >= 0.3 is 5.97 Å². The molecule has 0 radical (unpaired) electrons. The molecule has 1 aromatic rings. The number of carboxylic acid groups (broad SMARTS) is 1. The first-order valence-corrected chi connectivity index (χ1v) is 3.93.